The van der Waals surface area contributed by atoms with Gasteiger partial charge in [0.2, 0.25) is 0 Å². The Labute approximate surface area is 225 Å². The summed E-state index contributed by atoms with van der Waals surface area (Å²) < 4.78 is 0. The lowest BCUT2D eigenvalue weighted by atomic mass is 9.77. The van der Waals surface area contributed by atoms with Gasteiger partial charge in [0.05, 0.1) is 0 Å². The maximum atomic E-state index is 3.39. The molecule has 0 saturated carbocycles. The fraction of sp³-hybridized carbons (Fsp3) is 0.167. The van der Waals surface area contributed by atoms with Crippen LogP contribution in [0.25, 0.3) is 49.2 Å². The van der Waals surface area contributed by atoms with Crippen molar-refractivity contribution < 1.29 is 0 Å². The Morgan fingerprint density at radius 3 is 2.05 bits per heavy atom. The van der Waals surface area contributed by atoms with Crippen LogP contribution in [0.2, 0.25) is 0 Å². The fourth-order valence-electron chi connectivity index (χ4n) is 5.37. The lowest BCUT2D eigenvalue weighted by Gasteiger charge is -2.27. The maximum absolute atomic E-state index is 3.39. The first-order chi connectivity index (χ1) is 18.0. The Hall–Kier alpha value is -3.86. The lowest BCUT2D eigenvalue weighted by molar-refractivity contribution is 0.484. The molecule has 0 amide bonds. The molecule has 1 aliphatic carbocycles. The van der Waals surface area contributed by atoms with Gasteiger partial charge in [-0.1, -0.05) is 129 Å². The van der Waals surface area contributed by atoms with Crippen LogP contribution in [0.3, 0.4) is 0 Å². The number of benzene rings is 3. The van der Waals surface area contributed by atoms with Crippen LogP contribution in [0.5, 0.6) is 0 Å². The van der Waals surface area contributed by atoms with Gasteiger partial charge in [-0.15, -0.1) is 11.3 Å². The number of allylic oxidation sites excluding steroid dienone is 1. The van der Waals surface area contributed by atoms with Crippen molar-refractivity contribution >= 4 is 17.4 Å². The Kier molecular flexibility index (Phi) is 6.07. The monoisotopic (exact) mass is 494 g/mol. The summed E-state index contributed by atoms with van der Waals surface area (Å²) in [5.41, 5.74) is 12.0. The highest BCUT2D eigenvalue weighted by Gasteiger charge is 2.29. The van der Waals surface area contributed by atoms with Gasteiger partial charge in [-0.3, -0.25) is 0 Å². The standard InChI is InChI=1S/C36H30S/c1-36(2,3)28-22-23-31-32(24-28)34(27-18-11-6-12-19-27)37-35(31)33-29(25-14-7-4-8-15-25)20-13-21-30(33)26-16-9-5-10-17-26/h4-9,11-16,18-21,24H,22-23H2,1-3H3. The predicted octanol–water partition coefficient (Wildman–Crippen LogP) is 10.4. The molecule has 180 valence electrons. The Bertz CT molecular complexity index is 1510. The molecule has 0 saturated heterocycles. The Balaban J connectivity index is 1.68. The number of rotatable bonds is 4. The van der Waals surface area contributed by atoms with Gasteiger partial charge in [-0.05, 0) is 63.8 Å². The summed E-state index contributed by atoms with van der Waals surface area (Å²) in [6, 6.07) is 41.1. The molecule has 0 unspecified atom stereocenters. The van der Waals surface area contributed by atoms with Crippen LogP contribution in [-0.4, -0.2) is 0 Å². The fourth-order valence-corrected chi connectivity index (χ4v) is 6.78. The van der Waals surface area contributed by atoms with Gasteiger partial charge in [-0.2, -0.15) is 0 Å². The van der Waals surface area contributed by atoms with Crippen LogP contribution in [0.15, 0.2) is 103 Å². The molecule has 5 aromatic rings. The number of hydrogen-bond donors (Lipinski definition) is 0. The number of fused-ring (bicyclic) bond motifs is 1. The smallest absolute Gasteiger partial charge is 0.0424 e. The zero-order valence-electron chi connectivity index (χ0n) is 21.6. The first kappa shape index (κ1) is 23.5. The van der Waals surface area contributed by atoms with Crippen LogP contribution in [0.1, 0.15) is 38.3 Å². The van der Waals surface area contributed by atoms with E-state index in [1.165, 1.54) is 54.3 Å². The van der Waals surface area contributed by atoms with E-state index in [9.17, 15) is 0 Å². The molecular formula is C36H30S. The predicted molar refractivity (Wildman–Crippen MR) is 159 cm³/mol. The van der Waals surface area contributed by atoms with Gasteiger partial charge >= 0.3 is 0 Å². The van der Waals surface area contributed by atoms with Crippen LogP contribution in [-0.2, 0) is 6.42 Å². The molecule has 0 spiro atoms. The Morgan fingerprint density at radius 2 is 1.38 bits per heavy atom. The summed E-state index contributed by atoms with van der Waals surface area (Å²) in [6.07, 6.45) is 4.65. The van der Waals surface area contributed by atoms with Crippen molar-refractivity contribution in [2.24, 2.45) is 5.41 Å². The topological polar surface area (TPSA) is 0 Å². The second-order valence-corrected chi connectivity index (χ2v) is 11.8. The molecule has 0 nitrogen and oxygen atoms in total. The molecule has 4 aromatic carbocycles. The first-order valence-electron chi connectivity index (χ1n) is 13.0. The quantitative estimate of drug-likeness (QED) is 0.233. The Morgan fingerprint density at radius 1 is 0.676 bits per heavy atom. The minimum Gasteiger partial charge on any atom is -0.134 e. The summed E-state index contributed by atoms with van der Waals surface area (Å²) in [4.78, 5) is 2.74. The molecule has 1 aromatic heterocycles. The number of thiophene rings is 1. The molecular weight excluding hydrogens is 464 g/mol. The highest BCUT2D eigenvalue weighted by molar-refractivity contribution is 7.19. The van der Waals surface area contributed by atoms with Crippen molar-refractivity contribution in [2.45, 2.75) is 33.6 Å². The van der Waals surface area contributed by atoms with E-state index in [-0.39, 0.29) is 5.41 Å². The van der Waals surface area contributed by atoms with Crippen molar-refractivity contribution in [3.63, 3.8) is 0 Å². The average Bonchev–Trinajstić information content (AvgIpc) is 3.32. The van der Waals surface area contributed by atoms with Gasteiger partial charge in [0.25, 0.3) is 0 Å². The highest BCUT2D eigenvalue weighted by Crippen LogP contribution is 2.52. The van der Waals surface area contributed by atoms with Gasteiger partial charge < -0.3 is 0 Å². The van der Waals surface area contributed by atoms with E-state index >= 15 is 0 Å². The minimum atomic E-state index is 0.162. The molecule has 6 rings (SSSR count). The highest BCUT2D eigenvalue weighted by atomic mass is 32.1. The molecule has 1 heteroatoms. The van der Waals surface area contributed by atoms with E-state index in [1.54, 1.807) is 0 Å². The zero-order valence-corrected chi connectivity index (χ0v) is 22.5. The third-order valence-electron chi connectivity index (χ3n) is 7.33. The minimum absolute atomic E-state index is 0.162. The summed E-state index contributed by atoms with van der Waals surface area (Å²) in [7, 11) is 0. The van der Waals surface area contributed by atoms with E-state index in [2.05, 4.69) is 130 Å². The van der Waals surface area contributed by atoms with E-state index in [1.807, 2.05) is 17.4 Å². The van der Waals surface area contributed by atoms with E-state index in [4.69, 9.17) is 0 Å². The van der Waals surface area contributed by atoms with Crippen LogP contribution in [0.4, 0.5) is 0 Å². The molecule has 37 heavy (non-hydrogen) atoms. The second kappa shape index (κ2) is 9.55. The van der Waals surface area contributed by atoms with E-state index in [0.717, 1.165) is 18.4 Å². The summed E-state index contributed by atoms with van der Waals surface area (Å²) >= 11 is 1.94. The van der Waals surface area contributed by atoms with Gasteiger partial charge in [0.15, 0.2) is 0 Å². The zero-order chi connectivity index (χ0) is 25.4. The second-order valence-electron chi connectivity index (χ2n) is 10.7. The molecule has 0 aliphatic heterocycles. The maximum Gasteiger partial charge on any atom is 0.0424 e. The molecule has 0 bridgehead atoms. The molecule has 1 heterocycles. The van der Waals surface area contributed by atoms with E-state index < -0.39 is 0 Å². The molecule has 0 fully saturated rings. The third-order valence-corrected chi connectivity index (χ3v) is 8.64. The molecule has 0 N–H and O–H groups in total. The van der Waals surface area contributed by atoms with E-state index in [0.29, 0.717) is 0 Å². The van der Waals surface area contributed by atoms with Crippen molar-refractivity contribution in [1.29, 1.82) is 0 Å². The van der Waals surface area contributed by atoms with Gasteiger partial charge in [-0.25, -0.2) is 0 Å². The van der Waals surface area contributed by atoms with Crippen molar-refractivity contribution in [3.8, 4) is 43.1 Å². The van der Waals surface area contributed by atoms with Gasteiger partial charge in [0, 0.05) is 20.9 Å². The van der Waals surface area contributed by atoms with Crippen LogP contribution < -0.4 is 0 Å². The normalized spacial score (nSPS) is 13.0. The summed E-state index contributed by atoms with van der Waals surface area (Å²) in [5, 5.41) is 0. The van der Waals surface area contributed by atoms with Crippen LogP contribution >= 0.6 is 11.3 Å². The van der Waals surface area contributed by atoms with Crippen molar-refractivity contribution in [1.82, 2.24) is 0 Å². The summed E-state index contributed by atoms with van der Waals surface area (Å²) in [5.74, 6) is 0. The molecule has 0 radical (unpaired) electrons. The third kappa shape index (κ3) is 4.43. The SMILES string of the molecule is CC(C)(C)C1=Cc2c(-c3ccccc3)sc(-c3c(-c4c#cccc4)cccc3-c3ccccc3)c2CC1. The average molecular weight is 495 g/mol. The van der Waals surface area contributed by atoms with Crippen LogP contribution in [0, 0.1) is 17.5 Å². The summed E-state index contributed by atoms with van der Waals surface area (Å²) in [6.45, 7) is 7.01. The van der Waals surface area contributed by atoms with Gasteiger partial charge in [0.1, 0.15) is 0 Å². The largest absolute Gasteiger partial charge is 0.134 e. The first-order valence-corrected chi connectivity index (χ1v) is 13.8. The van der Waals surface area contributed by atoms with Crippen molar-refractivity contribution in [2.75, 3.05) is 0 Å². The number of hydrogen-bond acceptors (Lipinski definition) is 1. The molecule has 1 aliphatic rings. The molecule has 0 atom stereocenters. The lowest BCUT2D eigenvalue weighted by Crippen LogP contribution is -2.13. The van der Waals surface area contributed by atoms with Crippen molar-refractivity contribution in [3.05, 3.63) is 126 Å².